The third-order valence-electron chi connectivity index (χ3n) is 10.0. The van der Waals surface area contributed by atoms with Crippen LogP contribution in [0.25, 0.3) is 10.9 Å². The molecule has 0 aliphatic carbocycles. The lowest BCUT2D eigenvalue weighted by Gasteiger charge is -2.51. The van der Waals surface area contributed by atoms with E-state index in [0.29, 0.717) is 18.0 Å². The molecule has 6 atom stereocenters. The predicted octanol–water partition coefficient (Wildman–Crippen LogP) is 7.91. The fourth-order valence-electron chi connectivity index (χ4n) is 8.01. The van der Waals surface area contributed by atoms with Crippen LogP contribution in [-0.2, 0) is 10.0 Å². The highest BCUT2D eigenvalue weighted by molar-refractivity contribution is 6.69. The van der Waals surface area contributed by atoms with Crippen molar-refractivity contribution in [2.45, 2.75) is 69.1 Å². The summed E-state index contributed by atoms with van der Waals surface area (Å²) in [6.07, 6.45) is 8.86. The quantitative estimate of drug-likeness (QED) is 0.155. The van der Waals surface area contributed by atoms with Crippen molar-refractivity contribution in [3.63, 3.8) is 0 Å². The van der Waals surface area contributed by atoms with Crippen LogP contribution in [0.1, 0.15) is 49.8 Å². The molecule has 4 aromatic rings. The molecule has 5 nitrogen and oxygen atoms in total. The Hall–Kier alpha value is -3.13. The van der Waals surface area contributed by atoms with Crippen LogP contribution in [0.15, 0.2) is 110 Å². The van der Waals surface area contributed by atoms with Gasteiger partial charge in [0.15, 0.2) is 8.32 Å². The Bertz CT molecular complexity index is 1510. The molecule has 0 radical (unpaired) electrons. The van der Waals surface area contributed by atoms with Crippen LogP contribution in [0.4, 0.5) is 0 Å². The maximum absolute atomic E-state index is 6.96. The third kappa shape index (κ3) is 6.72. The van der Waals surface area contributed by atoms with Gasteiger partial charge in [-0.25, -0.2) is 0 Å². The highest BCUT2D eigenvalue weighted by Crippen LogP contribution is 2.43. The molecule has 4 saturated heterocycles. The molecule has 4 unspecified atom stereocenters. The minimum absolute atomic E-state index is 0. The third-order valence-corrected chi connectivity index (χ3v) is 11.0. The molecule has 0 spiro atoms. The standard InChI is InChI=1S/C20H27NOSi.C19H23N3.H2/c1-23(2,3)22-20(19-15-10-16-21-19,17-11-6-4-7-12-17)18-13-8-5-9-14-18;1-2-13-12-22-10-8-14(13)11-18(22)19(20)16-7-9-21-17-6-4-3-5-15(16)17;/h4-9,11-14,19,21H,10,15-16H2,1-3H3;2-7,9,13-14,18-19H,1,8,10-12,20H2;1H/t19-;13?,14?,18?,19-;/m10./s1/i;;1+1. The van der Waals surface area contributed by atoms with E-state index in [4.69, 9.17) is 10.2 Å². The number of aromatic nitrogens is 1. The predicted molar refractivity (Wildman–Crippen MR) is 192 cm³/mol. The second-order valence-corrected chi connectivity index (χ2v) is 18.4. The van der Waals surface area contributed by atoms with Gasteiger partial charge in [-0.2, -0.15) is 0 Å². The molecule has 3 aromatic carbocycles. The first-order valence-corrected chi connectivity index (χ1v) is 20.2. The number of nitrogens with one attached hydrogen (secondary N) is 1. The summed E-state index contributed by atoms with van der Waals surface area (Å²) in [5, 5.41) is 4.91. The Morgan fingerprint density at radius 3 is 2.22 bits per heavy atom. The molecule has 45 heavy (non-hydrogen) atoms. The molecule has 3 N–H and O–H groups in total. The summed E-state index contributed by atoms with van der Waals surface area (Å²) in [4.78, 5) is 7.04. The maximum Gasteiger partial charge on any atom is 0.185 e. The second kappa shape index (κ2) is 13.7. The summed E-state index contributed by atoms with van der Waals surface area (Å²) in [6, 6.07) is 32.7. The highest BCUT2D eigenvalue weighted by Gasteiger charge is 2.47. The van der Waals surface area contributed by atoms with Crippen molar-refractivity contribution in [2.24, 2.45) is 17.6 Å². The molecule has 4 fully saturated rings. The Kier molecular flexibility index (Phi) is 9.69. The van der Waals surface area contributed by atoms with Gasteiger partial charge in [-0.1, -0.05) is 84.9 Å². The van der Waals surface area contributed by atoms with E-state index in [-0.39, 0.29) is 7.47 Å². The number of fused-ring (bicyclic) bond motifs is 4. The molecule has 4 aliphatic rings. The minimum atomic E-state index is -1.77. The molecular weight excluding hydrogens is 569 g/mol. The van der Waals surface area contributed by atoms with Crippen molar-refractivity contribution in [1.82, 2.24) is 15.2 Å². The molecule has 5 heterocycles. The van der Waals surface area contributed by atoms with Gasteiger partial charge in [0.1, 0.15) is 5.60 Å². The van der Waals surface area contributed by atoms with Crippen molar-refractivity contribution in [3.05, 3.63) is 127 Å². The lowest BCUT2D eigenvalue weighted by molar-refractivity contribution is 0.00749. The van der Waals surface area contributed by atoms with Crippen molar-refractivity contribution >= 4 is 19.2 Å². The maximum atomic E-state index is 6.96. The molecule has 4 aliphatic heterocycles. The summed E-state index contributed by atoms with van der Waals surface area (Å²) in [5.74, 6) is 1.40. The van der Waals surface area contributed by atoms with Gasteiger partial charge in [-0.05, 0) is 99.1 Å². The first kappa shape index (κ1) is 31.8. The summed E-state index contributed by atoms with van der Waals surface area (Å²) in [6.45, 7) is 14.2. The van der Waals surface area contributed by atoms with Crippen molar-refractivity contribution in [1.29, 1.82) is 0 Å². The molecule has 2 bridgehead atoms. The molecule has 0 amide bonds. The Morgan fingerprint density at radius 1 is 0.978 bits per heavy atom. The van der Waals surface area contributed by atoms with Crippen LogP contribution < -0.4 is 11.1 Å². The summed E-state index contributed by atoms with van der Waals surface area (Å²) in [5.41, 5.74) is 11.1. The van der Waals surface area contributed by atoms with Crippen molar-refractivity contribution < 1.29 is 5.85 Å². The zero-order chi connectivity index (χ0) is 31.4. The summed E-state index contributed by atoms with van der Waals surface area (Å²) < 4.78 is 6.96. The lowest BCUT2D eigenvalue weighted by Crippen LogP contribution is -2.56. The number of rotatable bonds is 8. The molecule has 1 aromatic heterocycles. The van der Waals surface area contributed by atoms with Gasteiger partial charge in [0.2, 0.25) is 0 Å². The minimum Gasteiger partial charge on any atom is -0.403 e. The van der Waals surface area contributed by atoms with Gasteiger partial charge in [-0.15, -0.1) is 6.58 Å². The van der Waals surface area contributed by atoms with E-state index in [0.717, 1.165) is 30.9 Å². The first-order chi connectivity index (χ1) is 21.8. The van der Waals surface area contributed by atoms with E-state index in [2.05, 4.69) is 132 Å². The van der Waals surface area contributed by atoms with Gasteiger partial charge < -0.3 is 15.5 Å². The van der Waals surface area contributed by atoms with Gasteiger partial charge in [0.05, 0.1) is 5.52 Å². The van der Waals surface area contributed by atoms with Gasteiger partial charge in [0, 0.05) is 37.7 Å². The van der Waals surface area contributed by atoms with Crippen LogP contribution in [0.5, 0.6) is 0 Å². The smallest absolute Gasteiger partial charge is 0.185 e. The van der Waals surface area contributed by atoms with E-state index in [1.165, 1.54) is 47.9 Å². The number of hydrogen-bond acceptors (Lipinski definition) is 5. The van der Waals surface area contributed by atoms with E-state index in [9.17, 15) is 0 Å². The first-order valence-electron chi connectivity index (χ1n) is 16.8. The highest BCUT2D eigenvalue weighted by atomic mass is 28.4. The van der Waals surface area contributed by atoms with E-state index in [1.54, 1.807) is 0 Å². The average molecular weight is 622 g/mol. The number of para-hydroxylation sites is 1. The Labute approximate surface area is 272 Å². The van der Waals surface area contributed by atoms with Crippen LogP contribution in [0.2, 0.25) is 19.6 Å². The van der Waals surface area contributed by atoms with E-state index >= 15 is 0 Å². The topological polar surface area (TPSA) is 63.4 Å². The zero-order valence-electron chi connectivity index (χ0n) is 27.2. The number of benzene rings is 3. The Morgan fingerprint density at radius 2 is 1.64 bits per heavy atom. The average Bonchev–Trinajstić information content (AvgIpc) is 3.63. The van der Waals surface area contributed by atoms with Crippen LogP contribution in [0, 0.1) is 11.8 Å². The van der Waals surface area contributed by atoms with Crippen LogP contribution in [-0.4, -0.2) is 49.9 Å². The van der Waals surface area contributed by atoms with Crippen LogP contribution >= 0.6 is 0 Å². The van der Waals surface area contributed by atoms with Crippen molar-refractivity contribution in [2.75, 3.05) is 19.6 Å². The number of nitrogens with two attached hydrogens (primary N) is 1. The fourth-order valence-corrected chi connectivity index (χ4v) is 9.35. The van der Waals surface area contributed by atoms with Crippen molar-refractivity contribution in [3.8, 4) is 0 Å². The normalized spacial score (nSPS) is 25.4. The monoisotopic (exact) mass is 621 g/mol. The lowest BCUT2D eigenvalue weighted by atomic mass is 9.73. The number of pyridine rings is 1. The summed E-state index contributed by atoms with van der Waals surface area (Å²) >= 11 is 0. The summed E-state index contributed by atoms with van der Waals surface area (Å²) in [7, 11) is -1.77. The molecule has 6 heteroatoms. The number of hydrogen-bond donors (Lipinski definition) is 2. The molecule has 238 valence electrons. The SMILES string of the molecule is C=CC1CN2CCC1CC2[C@@H](N)c1ccnc2ccccc12.C[Si](C)(C)OC(c1ccccc1)(c1ccccc1)[C@H]1CCCN1.[2HH]. The fraction of sp³-hybridized carbons (Fsp3) is 0.410. The number of piperidine rings is 3. The van der Waals surface area contributed by atoms with Gasteiger partial charge >= 0.3 is 0 Å². The molecule has 0 saturated carbocycles. The van der Waals surface area contributed by atoms with Crippen LogP contribution in [0.3, 0.4) is 0 Å². The number of nitrogens with zero attached hydrogens (tertiary/aromatic N) is 2. The van der Waals surface area contributed by atoms with E-state index < -0.39 is 13.9 Å². The second-order valence-electron chi connectivity index (χ2n) is 14.0. The molecular formula is C39H52N4OSi. The van der Waals surface area contributed by atoms with Gasteiger partial charge in [0.25, 0.3) is 0 Å². The van der Waals surface area contributed by atoms with Gasteiger partial charge in [-0.3, -0.25) is 9.88 Å². The largest absolute Gasteiger partial charge is 0.403 e. The molecule has 8 rings (SSSR count). The van der Waals surface area contributed by atoms with E-state index in [1.807, 2.05) is 12.3 Å². The zero-order valence-corrected chi connectivity index (χ0v) is 28.2. The Balaban J connectivity index is 0.000000177.